The van der Waals surface area contributed by atoms with E-state index in [9.17, 15) is 0 Å². The number of pyridine rings is 1. The Morgan fingerprint density at radius 1 is 1.23 bits per heavy atom. The van der Waals surface area contributed by atoms with Crippen molar-refractivity contribution in [3.05, 3.63) is 35.6 Å². The monoisotopic (exact) mass is 297 g/mol. The number of hydrogen-bond acceptors (Lipinski definition) is 5. The molecule has 0 N–H and O–H groups in total. The maximum atomic E-state index is 5.60. The molecule has 1 fully saturated rings. The van der Waals surface area contributed by atoms with E-state index in [-0.39, 0.29) is 5.66 Å². The SMILES string of the molecule is CCOc1cc(-n2ccnc2)c2c(n1)=NC1(CCCCC1)N=2. The van der Waals surface area contributed by atoms with Gasteiger partial charge in [0.05, 0.1) is 18.6 Å². The number of imidazole rings is 1. The first-order valence-electron chi connectivity index (χ1n) is 7.92. The third kappa shape index (κ3) is 2.19. The van der Waals surface area contributed by atoms with Gasteiger partial charge in [-0.3, -0.25) is 0 Å². The maximum Gasteiger partial charge on any atom is 0.217 e. The molecule has 0 saturated heterocycles. The number of rotatable bonds is 3. The van der Waals surface area contributed by atoms with Gasteiger partial charge in [-0.15, -0.1) is 0 Å². The molecule has 1 saturated carbocycles. The fraction of sp³-hybridized carbons (Fsp3) is 0.500. The Morgan fingerprint density at radius 3 is 2.82 bits per heavy atom. The van der Waals surface area contributed by atoms with Crippen LogP contribution in [0.4, 0.5) is 0 Å². The van der Waals surface area contributed by atoms with Crippen molar-refractivity contribution in [1.82, 2.24) is 14.5 Å². The lowest BCUT2D eigenvalue weighted by atomic mass is 9.90. The van der Waals surface area contributed by atoms with Crippen LogP contribution in [0.2, 0.25) is 0 Å². The summed E-state index contributed by atoms with van der Waals surface area (Å²) in [5.41, 5.74) is 1.35. The lowest BCUT2D eigenvalue weighted by molar-refractivity contribution is 0.307. The van der Waals surface area contributed by atoms with Crippen LogP contribution < -0.4 is 15.6 Å². The van der Waals surface area contributed by atoms with Crippen molar-refractivity contribution in [3.63, 3.8) is 0 Å². The Balaban J connectivity index is 1.91. The molecule has 2 aliphatic rings. The minimum absolute atomic E-state index is 0.298. The molecular formula is C16H19N5O. The van der Waals surface area contributed by atoms with Gasteiger partial charge in [0, 0.05) is 18.5 Å². The van der Waals surface area contributed by atoms with Crippen LogP contribution in [0.1, 0.15) is 39.0 Å². The second kappa shape index (κ2) is 5.19. The summed E-state index contributed by atoms with van der Waals surface area (Å²) < 4.78 is 7.55. The van der Waals surface area contributed by atoms with Crippen LogP contribution in [-0.2, 0) is 0 Å². The number of fused-ring (bicyclic) bond motifs is 1. The molecule has 6 nitrogen and oxygen atoms in total. The number of ether oxygens (including phenoxy) is 1. The summed E-state index contributed by atoms with van der Waals surface area (Å²) in [7, 11) is 0. The quantitative estimate of drug-likeness (QED) is 0.864. The lowest BCUT2D eigenvalue weighted by Gasteiger charge is -2.26. The molecule has 0 atom stereocenters. The van der Waals surface area contributed by atoms with Gasteiger partial charge in [0.25, 0.3) is 0 Å². The molecule has 1 spiro atoms. The Labute approximate surface area is 128 Å². The molecule has 0 bridgehead atoms. The van der Waals surface area contributed by atoms with Crippen molar-refractivity contribution in [2.75, 3.05) is 6.61 Å². The predicted molar refractivity (Wildman–Crippen MR) is 80.7 cm³/mol. The fourth-order valence-electron chi connectivity index (χ4n) is 3.27. The molecule has 114 valence electrons. The van der Waals surface area contributed by atoms with Crippen LogP contribution in [-0.4, -0.2) is 26.8 Å². The summed E-state index contributed by atoms with van der Waals surface area (Å²) in [6.07, 6.45) is 11.1. The summed E-state index contributed by atoms with van der Waals surface area (Å²) in [4.78, 5) is 18.5. The molecule has 4 rings (SSSR count). The number of hydrogen-bond donors (Lipinski definition) is 0. The topological polar surface area (TPSA) is 64.7 Å². The van der Waals surface area contributed by atoms with E-state index in [2.05, 4.69) is 9.97 Å². The van der Waals surface area contributed by atoms with E-state index in [4.69, 9.17) is 14.7 Å². The van der Waals surface area contributed by atoms with E-state index in [1.54, 1.807) is 12.5 Å². The standard InChI is InChI=1S/C16H19N5O/c1-2-22-13-10-12(21-9-8-17-11-21)14-15(18-13)20-16(19-14)6-4-3-5-7-16/h8-11H,2-7H2,1H3. The summed E-state index contributed by atoms with van der Waals surface area (Å²) in [6.45, 7) is 2.54. The van der Waals surface area contributed by atoms with E-state index in [0.717, 1.165) is 23.9 Å². The third-order valence-corrected chi connectivity index (χ3v) is 4.29. The van der Waals surface area contributed by atoms with E-state index in [1.165, 1.54) is 19.3 Å². The highest BCUT2D eigenvalue weighted by Gasteiger charge is 2.34. The molecular weight excluding hydrogens is 278 g/mol. The van der Waals surface area contributed by atoms with Crippen LogP contribution in [0, 0.1) is 0 Å². The zero-order chi connectivity index (χ0) is 15.0. The zero-order valence-corrected chi connectivity index (χ0v) is 12.7. The average Bonchev–Trinajstić information content (AvgIpc) is 3.15. The van der Waals surface area contributed by atoms with Crippen molar-refractivity contribution in [1.29, 1.82) is 0 Å². The van der Waals surface area contributed by atoms with Gasteiger partial charge in [-0.25, -0.2) is 15.0 Å². The van der Waals surface area contributed by atoms with Crippen LogP contribution in [0.15, 0.2) is 34.8 Å². The van der Waals surface area contributed by atoms with Crippen LogP contribution in [0.25, 0.3) is 5.69 Å². The molecule has 0 unspecified atom stereocenters. The molecule has 1 aliphatic carbocycles. The summed E-state index contributed by atoms with van der Waals surface area (Å²) in [5, 5.41) is 0.864. The zero-order valence-electron chi connectivity index (χ0n) is 12.7. The molecule has 1 aliphatic heterocycles. The number of aromatic nitrogens is 3. The Bertz CT molecular complexity index is 791. The minimum atomic E-state index is -0.298. The molecule has 6 heteroatoms. The highest BCUT2D eigenvalue weighted by atomic mass is 16.5. The van der Waals surface area contributed by atoms with Crippen LogP contribution in [0.5, 0.6) is 5.88 Å². The first-order chi connectivity index (χ1) is 10.8. The second-order valence-electron chi connectivity index (χ2n) is 5.82. The Morgan fingerprint density at radius 2 is 2.09 bits per heavy atom. The summed E-state index contributed by atoms with van der Waals surface area (Å²) >= 11 is 0. The van der Waals surface area contributed by atoms with Crippen LogP contribution in [0.3, 0.4) is 0 Å². The Kier molecular flexibility index (Phi) is 3.17. The predicted octanol–water partition coefficient (Wildman–Crippen LogP) is 1.58. The Hall–Kier alpha value is -2.24. The lowest BCUT2D eigenvalue weighted by Crippen LogP contribution is -2.30. The largest absolute Gasteiger partial charge is 0.478 e. The minimum Gasteiger partial charge on any atom is -0.478 e. The molecule has 0 aromatic carbocycles. The van der Waals surface area contributed by atoms with Gasteiger partial charge in [-0.05, 0) is 32.6 Å². The van der Waals surface area contributed by atoms with E-state index in [0.29, 0.717) is 18.0 Å². The first-order valence-corrected chi connectivity index (χ1v) is 7.92. The smallest absolute Gasteiger partial charge is 0.217 e. The molecule has 22 heavy (non-hydrogen) atoms. The van der Waals surface area contributed by atoms with E-state index >= 15 is 0 Å². The van der Waals surface area contributed by atoms with Crippen molar-refractivity contribution in [2.45, 2.75) is 44.7 Å². The van der Waals surface area contributed by atoms with Gasteiger partial charge in [-0.2, -0.15) is 4.98 Å². The highest BCUT2D eigenvalue weighted by Crippen LogP contribution is 2.33. The van der Waals surface area contributed by atoms with Crippen molar-refractivity contribution in [3.8, 4) is 11.6 Å². The second-order valence-corrected chi connectivity index (χ2v) is 5.82. The normalized spacial score (nSPS) is 18.6. The van der Waals surface area contributed by atoms with Gasteiger partial charge in [0.15, 0.2) is 11.2 Å². The molecule has 2 aromatic rings. The van der Waals surface area contributed by atoms with Gasteiger partial charge < -0.3 is 9.30 Å². The van der Waals surface area contributed by atoms with Gasteiger partial charge in [-0.1, -0.05) is 6.42 Å². The molecule has 2 aromatic heterocycles. The molecule has 3 heterocycles. The van der Waals surface area contributed by atoms with Crippen molar-refractivity contribution < 1.29 is 4.74 Å². The van der Waals surface area contributed by atoms with Crippen molar-refractivity contribution in [2.24, 2.45) is 9.98 Å². The number of nitrogens with zero attached hydrogens (tertiary/aromatic N) is 5. The highest BCUT2D eigenvalue weighted by molar-refractivity contribution is 5.35. The molecule has 0 radical (unpaired) electrons. The van der Waals surface area contributed by atoms with E-state index in [1.807, 2.05) is 23.8 Å². The van der Waals surface area contributed by atoms with Gasteiger partial charge in [0.1, 0.15) is 5.36 Å². The average molecular weight is 297 g/mol. The maximum absolute atomic E-state index is 5.60. The van der Waals surface area contributed by atoms with Crippen molar-refractivity contribution >= 4 is 0 Å². The summed E-state index contributed by atoms with van der Waals surface area (Å²) in [6, 6.07) is 1.92. The van der Waals surface area contributed by atoms with Crippen LogP contribution >= 0.6 is 0 Å². The molecule has 0 amide bonds. The van der Waals surface area contributed by atoms with E-state index < -0.39 is 0 Å². The third-order valence-electron chi connectivity index (χ3n) is 4.29. The summed E-state index contributed by atoms with van der Waals surface area (Å²) in [5.74, 6) is 0.594. The first kappa shape index (κ1) is 13.4. The van der Waals surface area contributed by atoms with Gasteiger partial charge >= 0.3 is 0 Å². The fourth-order valence-corrected chi connectivity index (χ4v) is 3.27. The van der Waals surface area contributed by atoms with Gasteiger partial charge in [0.2, 0.25) is 5.88 Å².